The molecular formula is C25H29N3O. The lowest BCUT2D eigenvalue weighted by atomic mass is 10.1. The van der Waals surface area contributed by atoms with E-state index in [1.807, 2.05) is 36.4 Å². The summed E-state index contributed by atoms with van der Waals surface area (Å²) >= 11 is 0. The van der Waals surface area contributed by atoms with Crippen molar-refractivity contribution < 1.29 is 4.79 Å². The Morgan fingerprint density at radius 2 is 1.55 bits per heavy atom. The summed E-state index contributed by atoms with van der Waals surface area (Å²) in [5, 5.41) is 5.33. The Kier molecular flexibility index (Phi) is 5.81. The van der Waals surface area contributed by atoms with Crippen molar-refractivity contribution in [2.75, 3.05) is 44.2 Å². The van der Waals surface area contributed by atoms with Crippen LogP contribution in [0.1, 0.15) is 21.5 Å². The number of carbonyl (C=O) groups excluding carboxylic acids is 1. The second kappa shape index (κ2) is 8.66. The number of aryl methyl sites for hydroxylation is 2. The molecule has 0 radical (unpaired) electrons. The van der Waals surface area contributed by atoms with Gasteiger partial charge in [-0.2, -0.15) is 0 Å². The van der Waals surface area contributed by atoms with Crippen LogP contribution in [-0.4, -0.2) is 50.1 Å². The normalized spacial score (nSPS) is 14.9. The van der Waals surface area contributed by atoms with Crippen LogP contribution in [0.4, 0.5) is 5.69 Å². The van der Waals surface area contributed by atoms with Gasteiger partial charge in [-0.25, -0.2) is 0 Å². The molecule has 3 aromatic carbocycles. The number of nitrogens with zero attached hydrogens (tertiary/aromatic N) is 2. The summed E-state index contributed by atoms with van der Waals surface area (Å²) in [4.78, 5) is 17.4. The Balaban J connectivity index is 1.25. The number of anilines is 1. The number of rotatable bonds is 5. The Bertz CT molecular complexity index is 986. The molecule has 29 heavy (non-hydrogen) atoms. The maximum Gasteiger partial charge on any atom is 0.251 e. The van der Waals surface area contributed by atoms with Crippen LogP contribution in [0.5, 0.6) is 0 Å². The van der Waals surface area contributed by atoms with Crippen LogP contribution in [-0.2, 0) is 0 Å². The van der Waals surface area contributed by atoms with E-state index in [-0.39, 0.29) is 5.91 Å². The molecule has 0 spiro atoms. The second-order valence-electron chi connectivity index (χ2n) is 7.99. The van der Waals surface area contributed by atoms with Gasteiger partial charge in [0.05, 0.1) is 0 Å². The molecule has 1 saturated heterocycles. The molecule has 4 rings (SSSR count). The molecule has 1 amide bonds. The maximum atomic E-state index is 12.5. The highest BCUT2D eigenvalue weighted by Crippen LogP contribution is 2.20. The van der Waals surface area contributed by atoms with Crippen molar-refractivity contribution in [3.8, 4) is 0 Å². The van der Waals surface area contributed by atoms with Crippen LogP contribution in [0.2, 0.25) is 0 Å². The van der Waals surface area contributed by atoms with Crippen LogP contribution < -0.4 is 10.2 Å². The van der Waals surface area contributed by atoms with Gasteiger partial charge in [-0.05, 0) is 60.0 Å². The molecule has 0 saturated carbocycles. The Morgan fingerprint density at radius 3 is 2.28 bits per heavy atom. The van der Waals surface area contributed by atoms with Crippen molar-refractivity contribution >= 4 is 22.4 Å². The van der Waals surface area contributed by atoms with E-state index >= 15 is 0 Å². The molecule has 4 nitrogen and oxygen atoms in total. The minimum Gasteiger partial charge on any atom is -0.369 e. The van der Waals surface area contributed by atoms with Crippen molar-refractivity contribution in [2.24, 2.45) is 0 Å². The van der Waals surface area contributed by atoms with Gasteiger partial charge >= 0.3 is 0 Å². The molecule has 1 aliphatic heterocycles. The SMILES string of the molecule is Cc1cc(C)cc(N2CCN(CCNC(=O)c3ccc4ccccc4c3)CC2)c1. The molecule has 0 aromatic heterocycles. The zero-order valence-electron chi connectivity index (χ0n) is 17.3. The van der Waals surface area contributed by atoms with E-state index < -0.39 is 0 Å². The molecule has 1 N–H and O–H groups in total. The zero-order chi connectivity index (χ0) is 20.2. The third kappa shape index (κ3) is 4.77. The summed E-state index contributed by atoms with van der Waals surface area (Å²) in [5.74, 6) is 0.00428. The first kappa shape index (κ1) is 19.5. The van der Waals surface area contributed by atoms with Gasteiger partial charge < -0.3 is 10.2 Å². The van der Waals surface area contributed by atoms with E-state index in [0.29, 0.717) is 6.54 Å². The van der Waals surface area contributed by atoms with Gasteiger partial charge in [-0.1, -0.05) is 36.4 Å². The topological polar surface area (TPSA) is 35.6 Å². The van der Waals surface area contributed by atoms with Gasteiger partial charge in [-0.15, -0.1) is 0 Å². The van der Waals surface area contributed by atoms with E-state index in [1.165, 1.54) is 16.8 Å². The Labute approximate surface area is 173 Å². The number of hydrogen-bond donors (Lipinski definition) is 1. The number of amides is 1. The lowest BCUT2D eigenvalue weighted by Crippen LogP contribution is -2.48. The van der Waals surface area contributed by atoms with Crippen LogP contribution in [0.15, 0.2) is 60.7 Å². The lowest BCUT2D eigenvalue weighted by molar-refractivity contribution is 0.0948. The quantitative estimate of drug-likeness (QED) is 0.719. The number of hydrogen-bond acceptors (Lipinski definition) is 3. The van der Waals surface area contributed by atoms with Gasteiger partial charge in [0.2, 0.25) is 0 Å². The largest absolute Gasteiger partial charge is 0.369 e. The smallest absolute Gasteiger partial charge is 0.251 e. The minimum atomic E-state index is 0.00428. The molecule has 1 aliphatic rings. The summed E-state index contributed by atoms with van der Waals surface area (Å²) in [7, 11) is 0. The third-order valence-electron chi connectivity index (χ3n) is 5.67. The molecule has 1 heterocycles. The predicted molar refractivity (Wildman–Crippen MR) is 121 cm³/mol. The summed E-state index contributed by atoms with van der Waals surface area (Å²) in [6, 6.07) is 20.8. The fraction of sp³-hybridized carbons (Fsp3) is 0.320. The van der Waals surface area contributed by atoms with E-state index in [0.717, 1.165) is 49.1 Å². The van der Waals surface area contributed by atoms with Crippen LogP contribution in [0.25, 0.3) is 10.8 Å². The van der Waals surface area contributed by atoms with Crippen molar-refractivity contribution in [2.45, 2.75) is 13.8 Å². The highest BCUT2D eigenvalue weighted by Gasteiger charge is 2.17. The number of fused-ring (bicyclic) bond motifs is 1. The van der Waals surface area contributed by atoms with Crippen LogP contribution in [0.3, 0.4) is 0 Å². The van der Waals surface area contributed by atoms with Gasteiger partial charge in [-0.3, -0.25) is 9.69 Å². The number of benzene rings is 3. The van der Waals surface area contributed by atoms with Crippen molar-refractivity contribution in [1.82, 2.24) is 10.2 Å². The van der Waals surface area contributed by atoms with Crippen molar-refractivity contribution in [3.63, 3.8) is 0 Å². The summed E-state index contributed by atoms with van der Waals surface area (Å²) in [5.41, 5.74) is 4.69. The molecule has 0 aliphatic carbocycles. The summed E-state index contributed by atoms with van der Waals surface area (Å²) in [6.07, 6.45) is 0. The summed E-state index contributed by atoms with van der Waals surface area (Å²) in [6.45, 7) is 9.99. The Hall–Kier alpha value is -2.85. The lowest BCUT2D eigenvalue weighted by Gasteiger charge is -2.36. The van der Waals surface area contributed by atoms with Crippen molar-refractivity contribution in [1.29, 1.82) is 0 Å². The maximum absolute atomic E-state index is 12.5. The monoisotopic (exact) mass is 387 g/mol. The predicted octanol–water partition coefficient (Wildman–Crippen LogP) is 4.01. The second-order valence-corrected chi connectivity index (χ2v) is 7.99. The molecule has 0 atom stereocenters. The fourth-order valence-corrected chi connectivity index (χ4v) is 4.12. The van der Waals surface area contributed by atoms with Gasteiger partial charge in [0, 0.05) is 50.5 Å². The van der Waals surface area contributed by atoms with E-state index in [2.05, 4.69) is 53.2 Å². The highest BCUT2D eigenvalue weighted by molar-refractivity contribution is 5.98. The zero-order valence-corrected chi connectivity index (χ0v) is 17.3. The average molecular weight is 388 g/mol. The van der Waals surface area contributed by atoms with E-state index in [4.69, 9.17) is 0 Å². The summed E-state index contributed by atoms with van der Waals surface area (Å²) < 4.78 is 0. The number of piperazine rings is 1. The molecule has 0 unspecified atom stereocenters. The first-order valence-electron chi connectivity index (χ1n) is 10.4. The minimum absolute atomic E-state index is 0.00428. The molecule has 150 valence electrons. The Morgan fingerprint density at radius 1 is 0.862 bits per heavy atom. The third-order valence-corrected chi connectivity index (χ3v) is 5.67. The van der Waals surface area contributed by atoms with Gasteiger partial charge in [0.1, 0.15) is 0 Å². The number of carbonyl (C=O) groups is 1. The molecule has 1 fully saturated rings. The van der Waals surface area contributed by atoms with Crippen LogP contribution in [0, 0.1) is 13.8 Å². The fourth-order valence-electron chi connectivity index (χ4n) is 4.12. The van der Waals surface area contributed by atoms with Gasteiger partial charge in [0.15, 0.2) is 0 Å². The molecule has 0 bridgehead atoms. The van der Waals surface area contributed by atoms with Crippen molar-refractivity contribution in [3.05, 3.63) is 77.4 Å². The molecular weight excluding hydrogens is 358 g/mol. The van der Waals surface area contributed by atoms with Crippen LogP contribution >= 0.6 is 0 Å². The highest BCUT2D eigenvalue weighted by atomic mass is 16.1. The average Bonchev–Trinajstić information content (AvgIpc) is 2.73. The van der Waals surface area contributed by atoms with E-state index in [9.17, 15) is 4.79 Å². The van der Waals surface area contributed by atoms with E-state index in [1.54, 1.807) is 0 Å². The molecule has 4 heteroatoms. The first-order chi connectivity index (χ1) is 14.1. The standard InChI is InChI=1S/C25H29N3O/c1-19-15-20(2)17-24(16-19)28-13-11-27(12-14-28)10-9-26-25(29)23-8-7-21-5-3-4-6-22(21)18-23/h3-8,15-18H,9-14H2,1-2H3,(H,26,29). The molecule has 3 aromatic rings. The number of nitrogens with one attached hydrogen (secondary N) is 1. The van der Waals surface area contributed by atoms with Gasteiger partial charge in [0.25, 0.3) is 5.91 Å². The first-order valence-corrected chi connectivity index (χ1v) is 10.4.